The molecule has 2 aliphatic rings. The molecule has 4 rings (SSSR count). The Morgan fingerprint density at radius 2 is 1.96 bits per heavy atom. The van der Waals surface area contributed by atoms with Crippen molar-refractivity contribution >= 4 is 16.8 Å². The molecule has 2 aliphatic heterocycles. The topological polar surface area (TPSA) is 50.2 Å². The molecule has 2 bridgehead atoms. The lowest BCUT2D eigenvalue weighted by atomic mass is 9.98. The molecule has 0 aliphatic carbocycles. The van der Waals surface area contributed by atoms with Crippen LogP contribution in [0, 0.1) is 0 Å². The highest BCUT2D eigenvalue weighted by Gasteiger charge is 2.39. The van der Waals surface area contributed by atoms with Gasteiger partial charge in [0.2, 0.25) is 0 Å². The van der Waals surface area contributed by atoms with Crippen molar-refractivity contribution in [2.24, 2.45) is 0 Å². The van der Waals surface area contributed by atoms with E-state index in [1.165, 1.54) is 12.8 Å². The van der Waals surface area contributed by atoms with Gasteiger partial charge in [0.05, 0.1) is 5.52 Å². The molecule has 2 aromatic rings. The van der Waals surface area contributed by atoms with Gasteiger partial charge in [-0.25, -0.2) is 0 Å². The van der Waals surface area contributed by atoms with Crippen molar-refractivity contribution in [3.63, 3.8) is 0 Å². The van der Waals surface area contributed by atoms with E-state index < -0.39 is 0 Å². The van der Waals surface area contributed by atoms with E-state index in [1.807, 2.05) is 28.9 Å². The average molecular weight is 312 g/mol. The monoisotopic (exact) mass is 312 g/mol. The minimum absolute atomic E-state index is 0.0256. The van der Waals surface area contributed by atoms with Crippen LogP contribution in [0.3, 0.4) is 0 Å². The molecule has 0 radical (unpaired) electrons. The van der Waals surface area contributed by atoms with Gasteiger partial charge in [-0.15, -0.1) is 0 Å². The number of hydrogen-bond donors (Lipinski definition) is 1. The maximum Gasteiger partial charge on any atom is 0.272 e. The first-order chi connectivity index (χ1) is 11.2. The number of aromatic nitrogens is 2. The summed E-state index contributed by atoms with van der Waals surface area (Å²) in [7, 11) is 2.22. The predicted octanol–water partition coefficient (Wildman–Crippen LogP) is 2.41. The summed E-state index contributed by atoms with van der Waals surface area (Å²) in [6.45, 7) is 2.82. The van der Waals surface area contributed by atoms with Crippen molar-refractivity contribution in [3.05, 3.63) is 30.0 Å². The van der Waals surface area contributed by atoms with Crippen LogP contribution in [0.5, 0.6) is 0 Å². The highest BCUT2D eigenvalue weighted by atomic mass is 16.2. The van der Waals surface area contributed by atoms with Gasteiger partial charge in [0.25, 0.3) is 5.91 Å². The lowest BCUT2D eigenvalue weighted by Crippen LogP contribution is -2.48. The molecule has 5 heteroatoms. The van der Waals surface area contributed by atoms with E-state index >= 15 is 0 Å². The van der Waals surface area contributed by atoms with Gasteiger partial charge in [-0.1, -0.05) is 18.2 Å². The number of aryl methyl sites for hydroxylation is 1. The van der Waals surface area contributed by atoms with E-state index in [9.17, 15) is 4.79 Å². The second-order valence-corrected chi connectivity index (χ2v) is 6.87. The third-order valence-corrected chi connectivity index (χ3v) is 5.61. The molecule has 0 spiro atoms. The number of amides is 1. The van der Waals surface area contributed by atoms with Crippen LogP contribution in [0.25, 0.3) is 10.9 Å². The Morgan fingerprint density at radius 1 is 1.26 bits per heavy atom. The molecule has 2 unspecified atom stereocenters. The molecule has 5 nitrogen and oxygen atoms in total. The minimum Gasteiger partial charge on any atom is -0.348 e. The zero-order valence-electron chi connectivity index (χ0n) is 13.8. The third kappa shape index (κ3) is 2.43. The van der Waals surface area contributed by atoms with Crippen molar-refractivity contribution in [3.8, 4) is 0 Å². The van der Waals surface area contributed by atoms with E-state index in [1.54, 1.807) is 0 Å². The summed E-state index contributed by atoms with van der Waals surface area (Å²) in [5, 5.41) is 8.73. The predicted molar refractivity (Wildman–Crippen MR) is 90.5 cm³/mol. The van der Waals surface area contributed by atoms with Crippen LogP contribution in [-0.2, 0) is 6.54 Å². The number of hydrogen-bond acceptors (Lipinski definition) is 3. The van der Waals surface area contributed by atoms with Gasteiger partial charge in [0.1, 0.15) is 0 Å². The van der Waals surface area contributed by atoms with Crippen molar-refractivity contribution in [2.45, 2.75) is 57.3 Å². The van der Waals surface area contributed by atoms with Gasteiger partial charge in [-0.3, -0.25) is 9.48 Å². The largest absolute Gasteiger partial charge is 0.348 e. The lowest BCUT2D eigenvalue weighted by molar-refractivity contribution is 0.0878. The summed E-state index contributed by atoms with van der Waals surface area (Å²) in [5.41, 5.74) is 1.59. The highest BCUT2D eigenvalue weighted by Crippen LogP contribution is 2.34. The van der Waals surface area contributed by atoms with Gasteiger partial charge >= 0.3 is 0 Å². The van der Waals surface area contributed by atoms with Crippen molar-refractivity contribution in [1.29, 1.82) is 0 Å². The molecular weight excluding hydrogens is 288 g/mol. The van der Waals surface area contributed by atoms with Crippen LogP contribution in [0.15, 0.2) is 24.3 Å². The maximum atomic E-state index is 12.8. The summed E-state index contributed by atoms with van der Waals surface area (Å²) in [4.78, 5) is 15.3. The van der Waals surface area contributed by atoms with Crippen LogP contribution in [0.1, 0.15) is 43.1 Å². The number of fused-ring (bicyclic) bond motifs is 3. The molecule has 3 heterocycles. The fourth-order valence-electron chi connectivity index (χ4n) is 4.32. The maximum absolute atomic E-state index is 12.8. The zero-order valence-corrected chi connectivity index (χ0v) is 13.8. The van der Waals surface area contributed by atoms with Crippen LogP contribution in [0.4, 0.5) is 0 Å². The number of para-hydroxylation sites is 1. The first-order valence-electron chi connectivity index (χ1n) is 8.65. The van der Waals surface area contributed by atoms with Gasteiger partial charge < -0.3 is 10.2 Å². The summed E-state index contributed by atoms with van der Waals surface area (Å²) in [6, 6.07) is 9.51. The van der Waals surface area contributed by atoms with E-state index in [4.69, 9.17) is 0 Å². The Bertz CT molecular complexity index is 724. The number of nitrogens with one attached hydrogen (secondary N) is 1. The van der Waals surface area contributed by atoms with Gasteiger partial charge in [0.15, 0.2) is 5.69 Å². The number of piperidine rings is 1. The highest BCUT2D eigenvalue weighted by molar-refractivity contribution is 6.04. The van der Waals surface area contributed by atoms with Gasteiger partial charge in [0, 0.05) is 30.1 Å². The van der Waals surface area contributed by atoms with Crippen LogP contribution >= 0.6 is 0 Å². The number of carbonyl (C=O) groups is 1. The molecular formula is C18H24N4O. The fourth-order valence-corrected chi connectivity index (χ4v) is 4.32. The molecule has 1 N–H and O–H groups in total. The quantitative estimate of drug-likeness (QED) is 0.947. The van der Waals surface area contributed by atoms with Crippen LogP contribution in [0.2, 0.25) is 0 Å². The molecule has 0 saturated carbocycles. The van der Waals surface area contributed by atoms with Gasteiger partial charge in [-0.2, -0.15) is 5.10 Å². The Morgan fingerprint density at radius 3 is 2.65 bits per heavy atom. The average Bonchev–Trinajstić information content (AvgIpc) is 3.01. The molecule has 2 atom stereocenters. The Labute approximate surface area is 136 Å². The zero-order chi connectivity index (χ0) is 16.0. The fraction of sp³-hybridized carbons (Fsp3) is 0.556. The normalized spacial score (nSPS) is 27.5. The Hall–Kier alpha value is -1.88. The molecule has 23 heavy (non-hydrogen) atoms. The molecule has 1 aromatic carbocycles. The first-order valence-corrected chi connectivity index (χ1v) is 8.65. The standard InChI is InChI=1S/C18H24N4O/c1-3-22-16-7-5-4-6-15(16)17(20-22)18(23)19-12-10-13-8-9-14(11-12)21(13)2/h4-7,12-14H,3,8-11H2,1-2H3,(H,19,23). The van der Waals surface area contributed by atoms with Crippen LogP contribution in [-0.4, -0.2) is 45.8 Å². The smallest absolute Gasteiger partial charge is 0.272 e. The number of rotatable bonds is 3. The number of carbonyl (C=O) groups excluding carboxylic acids is 1. The van der Waals surface area contributed by atoms with Crippen molar-refractivity contribution in [1.82, 2.24) is 20.0 Å². The molecule has 2 saturated heterocycles. The molecule has 122 valence electrons. The molecule has 2 fully saturated rings. The van der Waals surface area contributed by atoms with E-state index in [2.05, 4.69) is 29.3 Å². The van der Waals surface area contributed by atoms with Crippen molar-refractivity contribution < 1.29 is 4.79 Å². The van der Waals surface area contributed by atoms with E-state index in [0.29, 0.717) is 17.8 Å². The minimum atomic E-state index is -0.0256. The number of benzene rings is 1. The summed E-state index contributed by atoms with van der Waals surface area (Å²) in [5.74, 6) is -0.0256. The molecule has 1 amide bonds. The summed E-state index contributed by atoms with van der Waals surface area (Å²) >= 11 is 0. The summed E-state index contributed by atoms with van der Waals surface area (Å²) < 4.78 is 1.91. The summed E-state index contributed by atoms with van der Waals surface area (Å²) in [6.07, 6.45) is 4.65. The third-order valence-electron chi connectivity index (χ3n) is 5.61. The second-order valence-electron chi connectivity index (χ2n) is 6.87. The second kappa shape index (κ2) is 5.64. The van der Waals surface area contributed by atoms with Gasteiger partial charge in [-0.05, 0) is 45.7 Å². The molecule has 1 aromatic heterocycles. The lowest BCUT2D eigenvalue weighted by Gasteiger charge is -2.36. The van der Waals surface area contributed by atoms with E-state index in [-0.39, 0.29) is 11.9 Å². The van der Waals surface area contributed by atoms with Crippen LogP contribution < -0.4 is 5.32 Å². The first kappa shape index (κ1) is 14.7. The Balaban J connectivity index is 1.56. The Kier molecular flexibility index (Phi) is 3.60. The SMILES string of the molecule is CCn1nc(C(=O)NC2CC3CCC(C2)N3C)c2ccccc21. The number of nitrogens with zero attached hydrogens (tertiary/aromatic N) is 3. The van der Waals surface area contributed by atoms with E-state index in [0.717, 1.165) is 30.3 Å². The van der Waals surface area contributed by atoms with Crippen molar-refractivity contribution in [2.75, 3.05) is 7.05 Å².